The Morgan fingerprint density at radius 1 is 1.62 bits per heavy atom. The van der Waals surface area contributed by atoms with Gasteiger partial charge in [-0.25, -0.2) is 0 Å². The summed E-state index contributed by atoms with van der Waals surface area (Å²) in [6.07, 6.45) is 3.75. The molecule has 0 spiro atoms. The Bertz CT molecular complexity index is 292. The maximum Gasteiger partial charge on any atom is 0.263 e. The molecular formula is C11H17N3O2. The zero-order valence-corrected chi connectivity index (χ0v) is 9.45. The number of nitrogens with zero attached hydrogens (tertiary/aromatic N) is 1. The van der Waals surface area contributed by atoms with E-state index in [0.717, 1.165) is 6.42 Å². The van der Waals surface area contributed by atoms with Gasteiger partial charge in [-0.15, -0.1) is 6.58 Å². The van der Waals surface area contributed by atoms with Gasteiger partial charge in [0.15, 0.2) is 0 Å². The largest absolute Gasteiger partial charge is 0.386 e. The van der Waals surface area contributed by atoms with E-state index in [0.29, 0.717) is 19.7 Å². The van der Waals surface area contributed by atoms with Crippen molar-refractivity contribution in [3.63, 3.8) is 0 Å². The molecule has 0 aromatic carbocycles. The van der Waals surface area contributed by atoms with Crippen LogP contribution in [0, 0.1) is 11.3 Å². The number of nitrogens with one attached hydrogen (secondary N) is 2. The fourth-order valence-electron chi connectivity index (χ4n) is 0.907. The Kier molecular flexibility index (Phi) is 8.65. The minimum absolute atomic E-state index is 0.0549. The first kappa shape index (κ1) is 14.2. The quantitative estimate of drug-likeness (QED) is 0.269. The molecule has 0 aromatic heterocycles. The molecule has 0 bridgehead atoms. The van der Waals surface area contributed by atoms with E-state index in [1.165, 1.54) is 6.20 Å². The van der Waals surface area contributed by atoms with Gasteiger partial charge in [0.25, 0.3) is 5.91 Å². The van der Waals surface area contributed by atoms with E-state index in [1.54, 1.807) is 13.2 Å². The number of amides is 1. The topological polar surface area (TPSA) is 74.2 Å². The van der Waals surface area contributed by atoms with Gasteiger partial charge in [0.2, 0.25) is 0 Å². The molecule has 1 amide bonds. The molecule has 0 rings (SSSR count). The Morgan fingerprint density at radius 3 is 2.94 bits per heavy atom. The van der Waals surface area contributed by atoms with Crippen LogP contribution in [0.3, 0.4) is 0 Å². The molecule has 2 N–H and O–H groups in total. The number of carbonyl (C=O) groups excluding carboxylic acids is 1. The van der Waals surface area contributed by atoms with Gasteiger partial charge in [-0.2, -0.15) is 5.26 Å². The van der Waals surface area contributed by atoms with Gasteiger partial charge in [-0.05, 0) is 6.42 Å². The molecule has 0 saturated heterocycles. The van der Waals surface area contributed by atoms with E-state index in [1.807, 2.05) is 6.07 Å². The SMILES string of the molecule is C=CCN/C=C(/C#N)C(=O)NCCCOC. The summed E-state index contributed by atoms with van der Waals surface area (Å²) in [5, 5.41) is 14.1. The van der Waals surface area contributed by atoms with Gasteiger partial charge in [0, 0.05) is 33.0 Å². The number of hydrogen-bond acceptors (Lipinski definition) is 4. The fraction of sp³-hybridized carbons (Fsp3) is 0.455. The number of ether oxygens (including phenoxy) is 1. The third kappa shape index (κ3) is 6.62. The zero-order valence-electron chi connectivity index (χ0n) is 9.45. The second-order valence-corrected chi connectivity index (χ2v) is 2.97. The fourth-order valence-corrected chi connectivity index (χ4v) is 0.907. The van der Waals surface area contributed by atoms with E-state index in [-0.39, 0.29) is 11.5 Å². The van der Waals surface area contributed by atoms with Gasteiger partial charge in [-0.1, -0.05) is 6.08 Å². The number of rotatable bonds is 8. The van der Waals surface area contributed by atoms with E-state index >= 15 is 0 Å². The van der Waals surface area contributed by atoms with Crippen molar-refractivity contribution < 1.29 is 9.53 Å². The summed E-state index contributed by atoms with van der Waals surface area (Å²) in [7, 11) is 1.60. The van der Waals surface area contributed by atoms with Crippen molar-refractivity contribution in [3.8, 4) is 6.07 Å². The number of hydrogen-bond donors (Lipinski definition) is 2. The molecule has 16 heavy (non-hydrogen) atoms. The van der Waals surface area contributed by atoms with Crippen LogP contribution in [0.25, 0.3) is 0 Å². The van der Waals surface area contributed by atoms with Crippen molar-refractivity contribution in [2.75, 3.05) is 26.8 Å². The molecular weight excluding hydrogens is 206 g/mol. The molecule has 5 heteroatoms. The highest BCUT2D eigenvalue weighted by Crippen LogP contribution is 1.90. The van der Waals surface area contributed by atoms with Crippen LogP contribution in [0.15, 0.2) is 24.4 Å². The molecule has 88 valence electrons. The third-order valence-corrected chi connectivity index (χ3v) is 1.68. The smallest absolute Gasteiger partial charge is 0.263 e. The molecule has 0 aliphatic carbocycles. The van der Waals surface area contributed by atoms with Crippen LogP contribution in [0.4, 0.5) is 0 Å². The van der Waals surface area contributed by atoms with E-state index in [2.05, 4.69) is 17.2 Å². The van der Waals surface area contributed by atoms with Crippen molar-refractivity contribution in [1.82, 2.24) is 10.6 Å². The maximum absolute atomic E-state index is 11.4. The number of carbonyl (C=O) groups is 1. The minimum Gasteiger partial charge on any atom is -0.386 e. The molecule has 0 aromatic rings. The van der Waals surface area contributed by atoms with Gasteiger partial charge >= 0.3 is 0 Å². The highest BCUT2D eigenvalue weighted by Gasteiger charge is 2.06. The summed E-state index contributed by atoms with van der Waals surface area (Å²) >= 11 is 0. The van der Waals surface area contributed by atoms with Gasteiger partial charge in [0.1, 0.15) is 11.6 Å². The molecule has 0 atom stereocenters. The average Bonchev–Trinajstić information content (AvgIpc) is 2.30. The van der Waals surface area contributed by atoms with Gasteiger partial charge in [0.05, 0.1) is 0 Å². The second-order valence-electron chi connectivity index (χ2n) is 2.97. The predicted octanol–water partition coefficient (Wildman–Crippen LogP) is 0.322. The van der Waals surface area contributed by atoms with Crippen molar-refractivity contribution in [1.29, 1.82) is 5.26 Å². The van der Waals surface area contributed by atoms with Crippen LogP contribution in [-0.4, -0.2) is 32.7 Å². The van der Waals surface area contributed by atoms with Crippen LogP contribution >= 0.6 is 0 Å². The average molecular weight is 223 g/mol. The monoisotopic (exact) mass is 223 g/mol. The molecule has 0 aliphatic rings. The van der Waals surface area contributed by atoms with Gasteiger partial charge < -0.3 is 15.4 Å². The summed E-state index contributed by atoms with van der Waals surface area (Å²) < 4.78 is 4.84. The molecule has 0 radical (unpaired) electrons. The van der Waals surface area contributed by atoms with Crippen molar-refractivity contribution in [2.45, 2.75) is 6.42 Å². The molecule has 0 unspecified atom stereocenters. The zero-order chi connectivity index (χ0) is 12.2. The molecule has 0 saturated carbocycles. The molecule has 5 nitrogen and oxygen atoms in total. The summed E-state index contributed by atoms with van der Waals surface area (Å²) in [6.45, 7) is 5.10. The normalized spacial score (nSPS) is 10.4. The first-order valence-electron chi connectivity index (χ1n) is 4.98. The lowest BCUT2D eigenvalue weighted by Gasteiger charge is -2.03. The van der Waals surface area contributed by atoms with Crippen molar-refractivity contribution >= 4 is 5.91 Å². The predicted molar refractivity (Wildman–Crippen MR) is 61.4 cm³/mol. The molecule has 0 fully saturated rings. The molecule has 0 aliphatic heterocycles. The van der Waals surface area contributed by atoms with E-state index in [9.17, 15) is 4.79 Å². The Labute approximate surface area is 95.8 Å². The van der Waals surface area contributed by atoms with Crippen LogP contribution in [0.2, 0.25) is 0 Å². The molecule has 0 heterocycles. The summed E-state index contributed by atoms with van der Waals surface area (Å²) in [5.41, 5.74) is 0.0549. The lowest BCUT2D eigenvalue weighted by Crippen LogP contribution is -2.27. The minimum atomic E-state index is -0.379. The second kappa shape index (κ2) is 9.74. The van der Waals surface area contributed by atoms with Crippen molar-refractivity contribution in [2.24, 2.45) is 0 Å². The maximum atomic E-state index is 11.4. The number of nitriles is 1. The number of methoxy groups -OCH3 is 1. The Balaban J connectivity index is 3.97. The third-order valence-electron chi connectivity index (χ3n) is 1.68. The summed E-state index contributed by atoms with van der Waals surface area (Å²) in [4.78, 5) is 11.4. The first-order valence-corrected chi connectivity index (χ1v) is 4.98. The standard InChI is InChI=1S/C11H17N3O2/c1-3-5-13-9-10(8-12)11(15)14-6-4-7-16-2/h3,9,13H,1,4-7H2,2H3,(H,14,15)/b10-9-. The lowest BCUT2D eigenvalue weighted by molar-refractivity contribution is -0.117. The van der Waals surface area contributed by atoms with Crippen LogP contribution in [0.1, 0.15) is 6.42 Å². The Morgan fingerprint density at radius 2 is 2.38 bits per heavy atom. The summed E-state index contributed by atoms with van der Waals surface area (Å²) in [6, 6.07) is 1.82. The van der Waals surface area contributed by atoms with Crippen LogP contribution < -0.4 is 10.6 Å². The van der Waals surface area contributed by atoms with Gasteiger partial charge in [-0.3, -0.25) is 4.79 Å². The van der Waals surface area contributed by atoms with Crippen molar-refractivity contribution in [3.05, 3.63) is 24.4 Å². The van der Waals surface area contributed by atoms with Crippen LogP contribution in [-0.2, 0) is 9.53 Å². The van der Waals surface area contributed by atoms with E-state index in [4.69, 9.17) is 10.00 Å². The van der Waals surface area contributed by atoms with E-state index < -0.39 is 0 Å². The van der Waals surface area contributed by atoms with Crippen LogP contribution in [0.5, 0.6) is 0 Å². The highest BCUT2D eigenvalue weighted by molar-refractivity contribution is 5.97. The summed E-state index contributed by atoms with van der Waals surface area (Å²) in [5.74, 6) is -0.379. The lowest BCUT2D eigenvalue weighted by atomic mass is 10.3. The highest BCUT2D eigenvalue weighted by atomic mass is 16.5. The first-order chi connectivity index (χ1) is 7.76. The Hall–Kier alpha value is -1.80.